The van der Waals surface area contributed by atoms with Gasteiger partial charge in [-0.2, -0.15) is 0 Å². The van der Waals surface area contributed by atoms with E-state index in [-0.39, 0.29) is 12.5 Å². The van der Waals surface area contributed by atoms with Crippen molar-refractivity contribution >= 4 is 17.8 Å². The Kier molecular flexibility index (Phi) is 7.20. The van der Waals surface area contributed by atoms with Gasteiger partial charge in [-0.25, -0.2) is 9.97 Å². The van der Waals surface area contributed by atoms with Gasteiger partial charge in [0.05, 0.1) is 27.9 Å². The number of nitrogens with zero attached hydrogens (tertiary/aromatic N) is 3. The average Bonchev–Trinajstić information content (AvgIpc) is 2.69. The van der Waals surface area contributed by atoms with Crippen molar-refractivity contribution in [1.82, 2.24) is 15.3 Å². The zero-order chi connectivity index (χ0) is 20.7. The van der Waals surface area contributed by atoms with Gasteiger partial charge in [0.2, 0.25) is 11.7 Å². The predicted octanol–water partition coefficient (Wildman–Crippen LogP) is 2.21. The number of methoxy groups -OCH3 is 3. The van der Waals surface area contributed by atoms with Crippen LogP contribution in [-0.4, -0.2) is 51.3 Å². The molecule has 2 rings (SSSR count). The van der Waals surface area contributed by atoms with Crippen LogP contribution >= 0.6 is 0 Å². The number of aryl methyl sites for hydroxylation is 1. The number of benzene rings is 1. The minimum Gasteiger partial charge on any atom is -0.493 e. The second kappa shape index (κ2) is 9.59. The second-order valence-corrected chi connectivity index (χ2v) is 6.19. The van der Waals surface area contributed by atoms with Gasteiger partial charge >= 0.3 is 0 Å². The molecule has 1 aromatic carbocycles. The number of ether oxygens (including phenoxy) is 3. The molecule has 0 radical (unpaired) electrons. The predicted molar refractivity (Wildman–Crippen MR) is 108 cm³/mol. The Labute approximate surface area is 165 Å². The molecule has 8 heteroatoms. The first-order chi connectivity index (χ1) is 13.4. The highest BCUT2D eigenvalue weighted by Gasteiger charge is 2.12. The van der Waals surface area contributed by atoms with Gasteiger partial charge in [0.1, 0.15) is 11.6 Å². The van der Waals surface area contributed by atoms with Crippen LogP contribution in [0.4, 0.5) is 5.82 Å². The SMILES string of the molecule is COc1cc(/C=C/C(=O)NCc2nc(C)cc(N(C)C)n2)cc(OC)c1OC. The topological polar surface area (TPSA) is 85.8 Å². The minimum absolute atomic E-state index is 0.237. The van der Waals surface area contributed by atoms with Crippen LogP contribution in [0.3, 0.4) is 0 Å². The van der Waals surface area contributed by atoms with E-state index in [0.717, 1.165) is 17.1 Å². The third-order valence-electron chi connectivity index (χ3n) is 3.88. The maximum absolute atomic E-state index is 12.2. The smallest absolute Gasteiger partial charge is 0.244 e. The molecule has 1 N–H and O–H groups in total. The molecule has 1 heterocycles. The average molecular weight is 386 g/mol. The van der Waals surface area contributed by atoms with Crippen LogP contribution < -0.4 is 24.4 Å². The monoisotopic (exact) mass is 386 g/mol. The highest BCUT2D eigenvalue weighted by molar-refractivity contribution is 5.91. The van der Waals surface area contributed by atoms with E-state index in [9.17, 15) is 4.79 Å². The third-order valence-corrected chi connectivity index (χ3v) is 3.88. The molecule has 0 unspecified atom stereocenters. The van der Waals surface area contributed by atoms with E-state index in [4.69, 9.17) is 14.2 Å². The van der Waals surface area contributed by atoms with E-state index in [1.807, 2.05) is 32.0 Å². The van der Waals surface area contributed by atoms with Crippen molar-refractivity contribution in [3.8, 4) is 17.2 Å². The van der Waals surface area contributed by atoms with Gasteiger partial charge < -0.3 is 24.4 Å². The fourth-order valence-electron chi connectivity index (χ4n) is 2.51. The molecule has 0 spiro atoms. The highest BCUT2D eigenvalue weighted by Crippen LogP contribution is 2.38. The molecular formula is C20H26N4O4. The molecule has 0 saturated heterocycles. The molecule has 1 amide bonds. The molecule has 1 aromatic heterocycles. The summed E-state index contributed by atoms with van der Waals surface area (Å²) in [4.78, 5) is 22.8. The van der Waals surface area contributed by atoms with E-state index >= 15 is 0 Å². The van der Waals surface area contributed by atoms with Crippen LogP contribution in [0.15, 0.2) is 24.3 Å². The summed E-state index contributed by atoms with van der Waals surface area (Å²) in [6, 6.07) is 5.41. The van der Waals surface area contributed by atoms with E-state index in [1.165, 1.54) is 6.08 Å². The molecule has 2 aromatic rings. The van der Waals surface area contributed by atoms with Crippen LogP contribution in [-0.2, 0) is 11.3 Å². The van der Waals surface area contributed by atoms with Gasteiger partial charge in [0.15, 0.2) is 11.5 Å². The lowest BCUT2D eigenvalue weighted by molar-refractivity contribution is -0.116. The van der Waals surface area contributed by atoms with Gasteiger partial charge in [-0.05, 0) is 30.7 Å². The lowest BCUT2D eigenvalue weighted by Crippen LogP contribution is -2.22. The van der Waals surface area contributed by atoms with Crippen molar-refractivity contribution in [2.24, 2.45) is 0 Å². The summed E-state index contributed by atoms with van der Waals surface area (Å²) >= 11 is 0. The fraction of sp³-hybridized carbons (Fsp3) is 0.350. The Morgan fingerprint density at radius 3 is 2.25 bits per heavy atom. The summed E-state index contributed by atoms with van der Waals surface area (Å²) < 4.78 is 15.9. The lowest BCUT2D eigenvalue weighted by atomic mass is 10.1. The first-order valence-corrected chi connectivity index (χ1v) is 8.65. The van der Waals surface area contributed by atoms with Crippen molar-refractivity contribution in [3.63, 3.8) is 0 Å². The molecule has 0 fully saturated rings. The van der Waals surface area contributed by atoms with E-state index < -0.39 is 0 Å². The lowest BCUT2D eigenvalue weighted by Gasteiger charge is -2.13. The van der Waals surface area contributed by atoms with Crippen molar-refractivity contribution in [3.05, 3.63) is 41.4 Å². The van der Waals surface area contributed by atoms with Gasteiger partial charge in [-0.3, -0.25) is 4.79 Å². The Balaban J connectivity index is 2.08. The molecule has 0 aliphatic heterocycles. The van der Waals surface area contributed by atoms with Crippen LogP contribution in [0, 0.1) is 6.92 Å². The normalized spacial score (nSPS) is 10.6. The van der Waals surface area contributed by atoms with E-state index in [0.29, 0.717) is 23.1 Å². The summed E-state index contributed by atoms with van der Waals surface area (Å²) in [6.45, 7) is 2.13. The van der Waals surface area contributed by atoms with Gasteiger partial charge in [-0.15, -0.1) is 0 Å². The van der Waals surface area contributed by atoms with Crippen LogP contribution in [0.25, 0.3) is 6.08 Å². The summed E-state index contributed by atoms with van der Waals surface area (Å²) in [5.41, 5.74) is 1.59. The summed E-state index contributed by atoms with van der Waals surface area (Å²) in [5.74, 6) is 2.63. The molecule has 8 nitrogen and oxygen atoms in total. The Morgan fingerprint density at radius 2 is 1.71 bits per heavy atom. The summed E-state index contributed by atoms with van der Waals surface area (Å²) in [6.07, 6.45) is 3.10. The number of carbonyl (C=O) groups excluding carboxylic acids is 1. The first kappa shape index (κ1) is 21.0. The minimum atomic E-state index is -0.259. The third kappa shape index (κ3) is 5.35. The summed E-state index contributed by atoms with van der Waals surface area (Å²) in [7, 11) is 8.44. The fourth-order valence-corrected chi connectivity index (χ4v) is 2.51. The number of aromatic nitrogens is 2. The second-order valence-electron chi connectivity index (χ2n) is 6.19. The maximum atomic E-state index is 12.2. The van der Waals surface area contributed by atoms with Crippen molar-refractivity contribution in [1.29, 1.82) is 0 Å². The number of amides is 1. The highest BCUT2D eigenvalue weighted by atomic mass is 16.5. The molecule has 0 aliphatic carbocycles. The number of carbonyl (C=O) groups is 1. The van der Waals surface area contributed by atoms with Crippen molar-refractivity contribution < 1.29 is 19.0 Å². The van der Waals surface area contributed by atoms with Crippen molar-refractivity contribution in [2.45, 2.75) is 13.5 Å². The van der Waals surface area contributed by atoms with Crippen molar-refractivity contribution in [2.75, 3.05) is 40.3 Å². The quantitative estimate of drug-likeness (QED) is 0.696. The standard InChI is InChI=1S/C20H26N4O4/c1-13-9-18(24(2)3)23-17(22-13)12-21-19(25)8-7-14-10-15(26-4)20(28-6)16(11-14)27-5/h7-11H,12H2,1-6H3,(H,21,25)/b8-7+. The summed E-state index contributed by atoms with van der Waals surface area (Å²) in [5, 5.41) is 2.79. The largest absolute Gasteiger partial charge is 0.493 e. The van der Waals surface area contributed by atoms with Gasteiger partial charge in [0.25, 0.3) is 0 Å². The zero-order valence-electron chi connectivity index (χ0n) is 17.1. The number of anilines is 1. The first-order valence-electron chi connectivity index (χ1n) is 8.65. The number of hydrogen-bond acceptors (Lipinski definition) is 7. The van der Waals surface area contributed by atoms with E-state index in [2.05, 4.69) is 15.3 Å². The van der Waals surface area contributed by atoms with Crippen LogP contribution in [0.1, 0.15) is 17.1 Å². The number of hydrogen-bond donors (Lipinski definition) is 1. The molecule has 0 aliphatic rings. The van der Waals surface area contributed by atoms with Crippen LogP contribution in [0.5, 0.6) is 17.2 Å². The number of rotatable bonds is 8. The Morgan fingerprint density at radius 1 is 1.07 bits per heavy atom. The molecular weight excluding hydrogens is 360 g/mol. The Bertz CT molecular complexity index is 840. The molecule has 0 saturated carbocycles. The number of nitrogens with one attached hydrogen (secondary N) is 1. The zero-order valence-corrected chi connectivity index (χ0v) is 17.1. The molecule has 150 valence electrons. The molecule has 0 atom stereocenters. The van der Waals surface area contributed by atoms with Crippen LogP contribution in [0.2, 0.25) is 0 Å². The maximum Gasteiger partial charge on any atom is 0.244 e. The van der Waals surface area contributed by atoms with Gasteiger partial charge in [0, 0.05) is 31.9 Å². The Hall–Kier alpha value is -3.29. The molecule has 0 bridgehead atoms. The van der Waals surface area contributed by atoms with Gasteiger partial charge in [-0.1, -0.05) is 0 Å². The molecule has 28 heavy (non-hydrogen) atoms. The van der Waals surface area contributed by atoms with E-state index in [1.54, 1.807) is 39.5 Å².